The summed E-state index contributed by atoms with van der Waals surface area (Å²) in [5, 5.41) is 2.03. The first kappa shape index (κ1) is 17.9. The Bertz CT molecular complexity index is 246. The molecule has 0 saturated carbocycles. The van der Waals surface area contributed by atoms with Crippen LogP contribution in [0.15, 0.2) is 12.2 Å². The summed E-state index contributed by atoms with van der Waals surface area (Å²) in [4.78, 5) is 20.1. The molecule has 1 N–H and O–H groups in total. The summed E-state index contributed by atoms with van der Waals surface area (Å²) < 4.78 is 0. The van der Waals surface area contributed by atoms with Gasteiger partial charge in [0.05, 0.1) is 0 Å². The fourth-order valence-electron chi connectivity index (χ4n) is 1.92. The van der Waals surface area contributed by atoms with Crippen molar-refractivity contribution in [2.24, 2.45) is 0 Å². The third-order valence-electron chi connectivity index (χ3n) is 3.09. The minimum Gasteiger partial charge on any atom is -0.289 e. The van der Waals surface area contributed by atoms with Crippen LogP contribution in [-0.4, -0.2) is 11.8 Å². The average molecular weight is 267 g/mol. The molecule has 1 aliphatic heterocycles. The monoisotopic (exact) mass is 267 g/mol. The summed E-state index contributed by atoms with van der Waals surface area (Å²) in [5.74, 6) is -0.657. The number of amides is 2. The number of carbonyl (C=O) groups is 2. The van der Waals surface area contributed by atoms with E-state index in [4.69, 9.17) is 0 Å². The molecule has 0 unspecified atom stereocenters. The van der Waals surface area contributed by atoms with E-state index in [1.54, 1.807) is 0 Å². The standard InChI is InChI=1S/C12H26.C4H3NO2/c1-3-5-7-9-11-12-10-8-6-4-2;6-3-1-2-4(7)5-3/h3-12H2,1-2H3;1-2H,(H,5,6,7). The average Bonchev–Trinajstić information content (AvgIpc) is 2.77. The molecule has 0 aromatic rings. The first-order chi connectivity index (χ1) is 9.20. The number of hydrogen-bond acceptors (Lipinski definition) is 2. The van der Waals surface area contributed by atoms with Gasteiger partial charge in [0.2, 0.25) is 0 Å². The number of rotatable bonds is 9. The van der Waals surface area contributed by atoms with Crippen LogP contribution in [-0.2, 0) is 9.59 Å². The Kier molecular flexibility index (Phi) is 12.5. The second-order valence-electron chi connectivity index (χ2n) is 5.02. The molecule has 2 amide bonds. The predicted molar refractivity (Wildman–Crippen MR) is 79.8 cm³/mol. The van der Waals surface area contributed by atoms with Crippen LogP contribution < -0.4 is 5.32 Å². The van der Waals surface area contributed by atoms with Crippen molar-refractivity contribution in [2.75, 3.05) is 0 Å². The normalized spacial score (nSPS) is 13.2. The molecule has 110 valence electrons. The lowest BCUT2D eigenvalue weighted by atomic mass is 10.1. The molecule has 19 heavy (non-hydrogen) atoms. The Balaban J connectivity index is 0.000000388. The lowest BCUT2D eigenvalue weighted by Gasteiger charge is -1.99. The Labute approximate surface area is 117 Å². The second-order valence-corrected chi connectivity index (χ2v) is 5.02. The lowest BCUT2D eigenvalue weighted by molar-refractivity contribution is -0.123. The summed E-state index contributed by atoms with van der Waals surface area (Å²) in [6, 6.07) is 0. The van der Waals surface area contributed by atoms with Gasteiger partial charge in [0.25, 0.3) is 11.8 Å². The van der Waals surface area contributed by atoms with Crippen LogP contribution in [0.3, 0.4) is 0 Å². The highest BCUT2D eigenvalue weighted by molar-refractivity contribution is 6.12. The first-order valence-electron chi connectivity index (χ1n) is 7.73. The van der Waals surface area contributed by atoms with E-state index in [-0.39, 0.29) is 11.8 Å². The molecule has 0 aliphatic carbocycles. The first-order valence-corrected chi connectivity index (χ1v) is 7.73. The molecule has 0 aromatic carbocycles. The van der Waals surface area contributed by atoms with Gasteiger partial charge in [-0.3, -0.25) is 14.9 Å². The Hall–Kier alpha value is -1.12. The third-order valence-corrected chi connectivity index (χ3v) is 3.09. The molecule has 0 bridgehead atoms. The molecule has 0 aromatic heterocycles. The topological polar surface area (TPSA) is 46.2 Å². The van der Waals surface area contributed by atoms with Crippen LogP contribution >= 0.6 is 0 Å². The molecule has 1 heterocycles. The van der Waals surface area contributed by atoms with Crippen molar-refractivity contribution in [3.63, 3.8) is 0 Å². The van der Waals surface area contributed by atoms with Crippen molar-refractivity contribution in [3.05, 3.63) is 12.2 Å². The minimum absolute atomic E-state index is 0.329. The molecule has 1 aliphatic rings. The molecule has 3 heteroatoms. The van der Waals surface area contributed by atoms with Crippen LogP contribution in [0.2, 0.25) is 0 Å². The maximum Gasteiger partial charge on any atom is 0.250 e. The summed E-state index contributed by atoms with van der Waals surface area (Å²) in [6.07, 6.45) is 16.8. The zero-order valence-corrected chi connectivity index (χ0v) is 12.5. The van der Waals surface area contributed by atoms with Crippen LogP contribution in [0.5, 0.6) is 0 Å². The largest absolute Gasteiger partial charge is 0.289 e. The summed E-state index contributed by atoms with van der Waals surface area (Å²) in [7, 11) is 0. The zero-order chi connectivity index (χ0) is 14.3. The highest BCUT2D eigenvalue weighted by Crippen LogP contribution is 2.09. The van der Waals surface area contributed by atoms with Crippen molar-refractivity contribution in [1.82, 2.24) is 5.32 Å². The van der Waals surface area contributed by atoms with Gasteiger partial charge in [-0.2, -0.15) is 0 Å². The van der Waals surface area contributed by atoms with Gasteiger partial charge in [-0.25, -0.2) is 0 Å². The molecule has 0 atom stereocenters. The summed E-state index contributed by atoms with van der Waals surface area (Å²) >= 11 is 0. The van der Waals surface area contributed by atoms with Crippen molar-refractivity contribution in [2.45, 2.75) is 78.1 Å². The van der Waals surface area contributed by atoms with Crippen molar-refractivity contribution in [3.8, 4) is 0 Å². The van der Waals surface area contributed by atoms with E-state index in [0.717, 1.165) is 0 Å². The SMILES string of the molecule is CCCCCCCCCCCC.O=C1C=CC(=O)N1. The highest BCUT2D eigenvalue weighted by Gasteiger charge is 2.06. The quantitative estimate of drug-likeness (QED) is 0.504. The minimum atomic E-state index is -0.329. The Morgan fingerprint density at radius 3 is 1.21 bits per heavy atom. The molecule has 0 radical (unpaired) electrons. The zero-order valence-electron chi connectivity index (χ0n) is 12.5. The Morgan fingerprint density at radius 2 is 1.00 bits per heavy atom. The van der Waals surface area contributed by atoms with Gasteiger partial charge >= 0.3 is 0 Å². The highest BCUT2D eigenvalue weighted by atomic mass is 16.2. The number of unbranched alkanes of at least 4 members (excludes halogenated alkanes) is 9. The molecule has 1 rings (SSSR count). The third kappa shape index (κ3) is 13.1. The van der Waals surface area contributed by atoms with Crippen molar-refractivity contribution < 1.29 is 9.59 Å². The van der Waals surface area contributed by atoms with Crippen molar-refractivity contribution in [1.29, 1.82) is 0 Å². The van der Waals surface area contributed by atoms with Gasteiger partial charge < -0.3 is 0 Å². The number of hydrogen-bond donors (Lipinski definition) is 1. The molecular weight excluding hydrogens is 238 g/mol. The molecule has 0 spiro atoms. The number of imide groups is 1. The fraction of sp³-hybridized carbons (Fsp3) is 0.750. The Morgan fingerprint density at radius 1 is 0.684 bits per heavy atom. The van der Waals surface area contributed by atoms with E-state index in [9.17, 15) is 9.59 Å². The van der Waals surface area contributed by atoms with Crippen LogP contribution in [0, 0.1) is 0 Å². The van der Waals surface area contributed by atoms with Gasteiger partial charge in [-0.15, -0.1) is 0 Å². The lowest BCUT2D eigenvalue weighted by Crippen LogP contribution is -2.19. The summed E-state index contributed by atoms with van der Waals surface area (Å²) in [6.45, 7) is 4.56. The van der Waals surface area contributed by atoms with Crippen LogP contribution in [0.1, 0.15) is 78.1 Å². The van der Waals surface area contributed by atoms with Gasteiger partial charge in [0.1, 0.15) is 0 Å². The van der Waals surface area contributed by atoms with E-state index < -0.39 is 0 Å². The van der Waals surface area contributed by atoms with E-state index in [0.29, 0.717) is 0 Å². The van der Waals surface area contributed by atoms with Gasteiger partial charge in [-0.1, -0.05) is 78.1 Å². The maximum absolute atomic E-state index is 10.0. The van der Waals surface area contributed by atoms with E-state index in [2.05, 4.69) is 13.8 Å². The second kappa shape index (κ2) is 13.3. The van der Waals surface area contributed by atoms with E-state index in [1.165, 1.54) is 76.4 Å². The van der Waals surface area contributed by atoms with Gasteiger partial charge in [0.15, 0.2) is 0 Å². The molecule has 0 saturated heterocycles. The number of nitrogens with one attached hydrogen (secondary N) is 1. The molecule has 3 nitrogen and oxygen atoms in total. The van der Waals surface area contributed by atoms with Crippen LogP contribution in [0.4, 0.5) is 0 Å². The van der Waals surface area contributed by atoms with Crippen molar-refractivity contribution >= 4 is 11.8 Å². The molecular formula is C16H29NO2. The van der Waals surface area contributed by atoms with E-state index >= 15 is 0 Å². The smallest absolute Gasteiger partial charge is 0.250 e. The summed E-state index contributed by atoms with van der Waals surface area (Å²) in [5.41, 5.74) is 0. The van der Waals surface area contributed by atoms with Gasteiger partial charge in [0, 0.05) is 12.2 Å². The maximum atomic E-state index is 10.0. The van der Waals surface area contributed by atoms with Gasteiger partial charge in [-0.05, 0) is 0 Å². The van der Waals surface area contributed by atoms with E-state index in [1.807, 2.05) is 5.32 Å². The van der Waals surface area contributed by atoms with Crippen LogP contribution in [0.25, 0.3) is 0 Å². The fourth-order valence-corrected chi connectivity index (χ4v) is 1.92. The predicted octanol–water partition coefficient (Wildman–Crippen LogP) is 4.13. The number of carbonyl (C=O) groups excluding carboxylic acids is 2. The molecule has 0 fully saturated rings.